The average Bonchev–Trinajstić information content (AvgIpc) is 3.12. The zero-order valence-electron chi connectivity index (χ0n) is 34.8. The molecule has 57 heavy (non-hydrogen) atoms. The van der Waals surface area contributed by atoms with Crippen LogP contribution in [-0.4, -0.2) is 146 Å². The van der Waals surface area contributed by atoms with Crippen LogP contribution in [0.4, 0.5) is 4.79 Å². The van der Waals surface area contributed by atoms with Gasteiger partial charge in [-0.05, 0) is 91.6 Å². The van der Waals surface area contributed by atoms with E-state index in [0.717, 1.165) is 0 Å². The van der Waals surface area contributed by atoms with Crippen molar-refractivity contribution in [3.63, 3.8) is 0 Å². The topological polar surface area (TPSA) is 288 Å². The maximum absolute atomic E-state index is 13.0. The van der Waals surface area contributed by atoms with E-state index in [0.29, 0.717) is 51.8 Å². The van der Waals surface area contributed by atoms with Crippen LogP contribution in [0.1, 0.15) is 80.6 Å². The molecule has 0 saturated heterocycles. The van der Waals surface area contributed by atoms with Gasteiger partial charge < -0.3 is 49.1 Å². The molecule has 22 nitrogen and oxygen atoms in total. The molecule has 0 rings (SSSR count). The molecule has 0 fully saturated rings. The number of nitrogens with zero attached hydrogens (tertiary/aromatic N) is 6. The third-order valence-electron chi connectivity index (χ3n) is 7.37. The molecule has 0 bridgehead atoms. The zero-order chi connectivity index (χ0) is 42.8. The van der Waals surface area contributed by atoms with Gasteiger partial charge in [0, 0.05) is 36.0 Å². The Morgan fingerprint density at radius 2 is 1.25 bits per heavy atom. The molecule has 0 radical (unpaired) electrons. The molecule has 22 heteroatoms. The largest absolute Gasteiger partial charge is 0.442 e. The van der Waals surface area contributed by atoms with Crippen molar-refractivity contribution >= 4 is 23.8 Å². The van der Waals surface area contributed by atoms with Crippen molar-refractivity contribution < 1.29 is 57.2 Å². The third-order valence-corrected chi connectivity index (χ3v) is 7.37. The van der Waals surface area contributed by atoms with Gasteiger partial charge in [-0.15, -0.1) is 0 Å². The number of rotatable bonds is 35. The summed E-state index contributed by atoms with van der Waals surface area (Å²) in [5, 5.41) is 15.2. The van der Waals surface area contributed by atoms with Crippen molar-refractivity contribution in [2.75, 3.05) is 98.9 Å². The molecule has 4 N–H and O–H groups in total. The molecule has 0 aliphatic heterocycles. The molecule has 1 unspecified atom stereocenters. The van der Waals surface area contributed by atoms with Gasteiger partial charge in [0.25, 0.3) is 0 Å². The molecule has 0 aromatic rings. The van der Waals surface area contributed by atoms with Gasteiger partial charge >= 0.3 is 6.09 Å². The van der Waals surface area contributed by atoms with Gasteiger partial charge in [0.2, 0.25) is 17.7 Å². The first kappa shape index (κ1) is 53.0. The first-order chi connectivity index (χ1) is 27.0. The summed E-state index contributed by atoms with van der Waals surface area (Å²) >= 11 is 0. The highest BCUT2D eigenvalue weighted by Gasteiger charge is 2.24. The van der Waals surface area contributed by atoms with E-state index in [4.69, 9.17) is 49.1 Å². The number of unbranched alkanes of at least 4 members (excludes halogenated alkanes) is 1. The van der Waals surface area contributed by atoms with E-state index in [1.165, 1.54) is 0 Å². The number of hydrogen-bond acceptors (Lipinski definition) is 14. The molecule has 0 heterocycles. The summed E-state index contributed by atoms with van der Waals surface area (Å²) in [5.74, 6) is -1.17. The van der Waals surface area contributed by atoms with E-state index in [9.17, 15) is 19.2 Å². The standard InChI is InChI=1S/C35H66N10O12/c1-33(2,3)57-32(49)43-56-25-24-52-21-20-50-18-15-39-31(48)28(42-30(47)26-53-23-22-51-19-16-41-45-37)10-8-9-13-38-29(46)27-55-35(6,7)12-17-54-34(4,5)11-14-40-44-36/h28H,8-27H2,1-7H3,(H,38,46)(H,39,48)(H,42,47)(H,43,49). The molecular formula is C35H66N10O12. The summed E-state index contributed by atoms with van der Waals surface area (Å²) in [4.78, 5) is 59.9. The maximum Gasteiger partial charge on any atom is 0.431 e. The highest BCUT2D eigenvalue weighted by Crippen LogP contribution is 2.19. The number of ether oxygens (including phenoxy) is 7. The van der Waals surface area contributed by atoms with Gasteiger partial charge in [0.05, 0.1) is 70.7 Å². The van der Waals surface area contributed by atoms with Gasteiger partial charge in [-0.1, -0.05) is 10.2 Å². The van der Waals surface area contributed by atoms with E-state index < -0.39 is 40.8 Å². The number of carbonyl (C=O) groups excluding carboxylic acids is 4. The summed E-state index contributed by atoms with van der Waals surface area (Å²) in [6, 6.07) is -0.857. The molecule has 0 saturated carbocycles. The van der Waals surface area contributed by atoms with Crippen LogP contribution in [0.3, 0.4) is 0 Å². The predicted molar refractivity (Wildman–Crippen MR) is 208 cm³/mol. The fourth-order valence-corrected chi connectivity index (χ4v) is 4.34. The summed E-state index contributed by atoms with van der Waals surface area (Å²) in [6.45, 7) is 15.4. The summed E-state index contributed by atoms with van der Waals surface area (Å²) < 4.78 is 38.2. The second-order valence-corrected chi connectivity index (χ2v) is 14.7. The third kappa shape index (κ3) is 35.0. The van der Waals surface area contributed by atoms with Gasteiger partial charge in [0.1, 0.15) is 24.9 Å². The quantitative estimate of drug-likeness (QED) is 0.0235. The van der Waals surface area contributed by atoms with Crippen LogP contribution in [0.5, 0.6) is 0 Å². The van der Waals surface area contributed by atoms with Gasteiger partial charge in [-0.3, -0.25) is 19.2 Å². The van der Waals surface area contributed by atoms with Crippen LogP contribution in [0.25, 0.3) is 20.9 Å². The summed E-state index contributed by atoms with van der Waals surface area (Å²) in [6.07, 6.45) is 1.79. The van der Waals surface area contributed by atoms with E-state index in [-0.39, 0.29) is 85.1 Å². The Balaban J connectivity index is 4.58. The van der Waals surface area contributed by atoms with Crippen LogP contribution in [0, 0.1) is 0 Å². The lowest BCUT2D eigenvalue weighted by Gasteiger charge is -2.29. The van der Waals surface area contributed by atoms with E-state index in [1.54, 1.807) is 20.8 Å². The normalized spacial score (nSPS) is 12.1. The van der Waals surface area contributed by atoms with Crippen molar-refractivity contribution in [2.24, 2.45) is 10.2 Å². The SMILES string of the molecule is CC(C)(C)OC(=O)NOCCOCCOCCNC(=O)C(CCCCNC(=O)COC(C)(C)CCOC(C)(C)CCN=[N+]=[N-])NC(=O)COCCOCCN=[N+]=[N-]. The van der Waals surface area contributed by atoms with E-state index in [2.05, 4.69) is 41.5 Å². The fourth-order valence-electron chi connectivity index (χ4n) is 4.34. The van der Waals surface area contributed by atoms with Gasteiger partial charge in [-0.2, -0.15) is 5.48 Å². The van der Waals surface area contributed by atoms with Gasteiger partial charge in [-0.25, -0.2) is 4.79 Å². The van der Waals surface area contributed by atoms with Crippen LogP contribution >= 0.6 is 0 Å². The van der Waals surface area contributed by atoms with Crippen molar-refractivity contribution in [3.05, 3.63) is 20.9 Å². The molecule has 0 aliphatic rings. The Morgan fingerprint density at radius 1 is 0.632 bits per heavy atom. The first-order valence-electron chi connectivity index (χ1n) is 19.1. The van der Waals surface area contributed by atoms with E-state index in [1.807, 2.05) is 27.7 Å². The minimum absolute atomic E-state index is 0.110. The van der Waals surface area contributed by atoms with Crippen LogP contribution in [0.2, 0.25) is 0 Å². The monoisotopic (exact) mass is 818 g/mol. The van der Waals surface area contributed by atoms with Crippen LogP contribution in [0.15, 0.2) is 10.2 Å². The smallest absolute Gasteiger partial charge is 0.431 e. The summed E-state index contributed by atoms with van der Waals surface area (Å²) in [7, 11) is 0. The van der Waals surface area contributed by atoms with Crippen molar-refractivity contribution in [3.8, 4) is 0 Å². The van der Waals surface area contributed by atoms with Crippen LogP contribution < -0.4 is 21.4 Å². The molecular weight excluding hydrogens is 752 g/mol. The highest BCUT2D eigenvalue weighted by atomic mass is 16.7. The number of carbonyl (C=O) groups is 4. The average molecular weight is 819 g/mol. The second kappa shape index (κ2) is 32.0. The van der Waals surface area contributed by atoms with Crippen LogP contribution in [-0.2, 0) is 52.4 Å². The predicted octanol–water partition coefficient (Wildman–Crippen LogP) is 3.39. The zero-order valence-corrected chi connectivity index (χ0v) is 34.8. The fraction of sp³-hybridized carbons (Fsp3) is 0.886. The first-order valence-corrected chi connectivity index (χ1v) is 19.1. The van der Waals surface area contributed by atoms with Crippen molar-refractivity contribution in [2.45, 2.75) is 103 Å². The van der Waals surface area contributed by atoms with E-state index >= 15 is 0 Å². The Morgan fingerprint density at radius 3 is 1.93 bits per heavy atom. The molecule has 328 valence electrons. The number of nitrogens with one attached hydrogen (secondary N) is 4. The maximum atomic E-state index is 13.0. The van der Waals surface area contributed by atoms with Crippen molar-refractivity contribution in [1.29, 1.82) is 0 Å². The number of azide groups is 2. The molecule has 4 amide bonds. The second-order valence-electron chi connectivity index (χ2n) is 14.7. The molecule has 0 spiro atoms. The lowest BCUT2D eigenvalue weighted by molar-refractivity contribution is -0.133. The number of hydrogen-bond donors (Lipinski definition) is 4. The lowest BCUT2D eigenvalue weighted by Crippen LogP contribution is -2.48. The van der Waals surface area contributed by atoms with Gasteiger partial charge in [0.15, 0.2) is 0 Å². The Kier molecular flexibility index (Phi) is 29.8. The minimum Gasteiger partial charge on any atom is -0.442 e. The Labute approximate surface area is 335 Å². The minimum atomic E-state index is -0.857. The highest BCUT2D eigenvalue weighted by molar-refractivity contribution is 5.88. The molecule has 0 aromatic carbocycles. The molecule has 1 atom stereocenters. The summed E-state index contributed by atoms with van der Waals surface area (Å²) in [5.41, 5.74) is 17.2. The number of amides is 4. The molecule has 0 aliphatic carbocycles. The number of hydroxylamine groups is 1. The lowest BCUT2D eigenvalue weighted by atomic mass is 10.0. The Hall–Kier alpha value is -3.98. The van der Waals surface area contributed by atoms with Crippen molar-refractivity contribution in [1.82, 2.24) is 21.4 Å². The Bertz CT molecular complexity index is 1240. The molecule has 0 aromatic heterocycles.